The number of aryl methyl sites for hydroxylation is 1. The average molecular weight is 491 g/mol. The zero-order valence-corrected chi connectivity index (χ0v) is 19.8. The van der Waals surface area contributed by atoms with Crippen molar-refractivity contribution in [1.29, 1.82) is 0 Å². The minimum Gasteiger partial charge on any atom is -0.465 e. The largest absolute Gasteiger partial charge is 0.465 e. The molecule has 4 aromatic carbocycles. The lowest BCUT2D eigenvalue weighted by atomic mass is 10.1. The maximum atomic E-state index is 12.8. The van der Waals surface area contributed by atoms with E-state index in [9.17, 15) is 18.0 Å². The van der Waals surface area contributed by atoms with Gasteiger partial charge in [0.25, 0.3) is 0 Å². The van der Waals surface area contributed by atoms with E-state index in [1.165, 1.54) is 37.4 Å². The fourth-order valence-corrected chi connectivity index (χ4v) is 4.32. The highest BCUT2D eigenvalue weighted by Gasteiger charge is 2.22. The number of anilines is 2. The average Bonchev–Trinajstić information content (AvgIpc) is 2.83. The molecule has 0 heterocycles. The number of urea groups is 1. The Balaban J connectivity index is 1.57. The second-order valence-electron chi connectivity index (χ2n) is 7.69. The summed E-state index contributed by atoms with van der Waals surface area (Å²) in [4.78, 5) is 24.7. The summed E-state index contributed by atoms with van der Waals surface area (Å²) >= 11 is 0. The number of carbonyl (C=O) groups is 2. The number of esters is 1. The van der Waals surface area contributed by atoms with Gasteiger partial charge in [0, 0.05) is 17.4 Å². The first-order valence-corrected chi connectivity index (χ1v) is 12.0. The van der Waals surface area contributed by atoms with E-state index in [4.69, 9.17) is 8.92 Å². The van der Waals surface area contributed by atoms with Crippen LogP contribution in [-0.2, 0) is 14.9 Å². The van der Waals surface area contributed by atoms with Crippen molar-refractivity contribution in [2.75, 3.05) is 17.7 Å². The molecule has 0 unspecified atom stereocenters. The highest BCUT2D eigenvalue weighted by molar-refractivity contribution is 7.87. The molecule has 0 fully saturated rings. The van der Waals surface area contributed by atoms with Gasteiger partial charge >= 0.3 is 22.1 Å². The number of hydrogen-bond donors (Lipinski definition) is 2. The maximum Gasteiger partial charge on any atom is 0.341 e. The van der Waals surface area contributed by atoms with E-state index < -0.39 is 22.1 Å². The van der Waals surface area contributed by atoms with Crippen molar-refractivity contribution in [3.05, 3.63) is 96.1 Å². The van der Waals surface area contributed by atoms with Crippen LogP contribution in [0.3, 0.4) is 0 Å². The summed E-state index contributed by atoms with van der Waals surface area (Å²) in [6.07, 6.45) is 0. The van der Waals surface area contributed by atoms with Crippen molar-refractivity contribution in [2.24, 2.45) is 0 Å². The van der Waals surface area contributed by atoms with Crippen molar-refractivity contribution in [2.45, 2.75) is 11.8 Å². The van der Waals surface area contributed by atoms with Gasteiger partial charge in [-0.3, -0.25) is 0 Å². The third-order valence-electron chi connectivity index (χ3n) is 5.16. The molecule has 2 amide bonds. The monoisotopic (exact) mass is 490 g/mol. The van der Waals surface area contributed by atoms with Crippen molar-refractivity contribution in [3.8, 4) is 5.75 Å². The fraction of sp³-hybridized carbons (Fsp3) is 0.0769. The Bertz CT molecular complexity index is 1510. The SMILES string of the molecule is COC(=O)c1ccc(NC(=O)Nc2ccc3ccccc3c2)cc1OS(=O)(=O)c1ccc(C)cc1. The van der Waals surface area contributed by atoms with Crippen molar-refractivity contribution in [1.82, 2.24) is 0 Å². The molecule has 9 heteroatoms. The van der Waals surface area contributed by atoms with Crippen LogP contribution in [0.4, 0.5) is 16.2 Å². The molecule has 0 radical (unpaired) electrons. The molecule has 0 aliphatic carbocycles. The lowest BCUT2D eigenvalue weighted by Crippen LogP contribution is -2.20. The molecule has 0 aliphatic heterocycles. The molecule has 8 nitrogen and oxygen atoms in total. The minimum atomic E-state index is -4.25. The van der Waals surface area contributed by atoms with Crippen LogP contribution in [0.5, 0.6) is 5.75 Å². The zero-order valence-electron chi connectivity index (χ0n) is 18.9. The normalized spacial score (nSPS) is 11.0. The van der Waals surface area contributed by atoms with Gasteiger partial charge in [0.05, 0.1) is 7.11 Å². The van der Waals surface area contributed by atoms with Gasteiger partial charge in [-0.05, 0) is 54.1 Å². The molecular formula is C26H22N2O6S. The molecule has 0 saturated carbocycles. The molecular weight excluding hydrogens is 468 g/mol. The third kappa shape index (κ3) is 5.59. The third-order valence-corrected chi connectivity index (χ3v) is 6.41. The predicted octanol–water partition coefficient (Wildman–Crippen LogP) is 5.35. The van der Waals surface area contributed by atoms with Crippen LogP contribution in [0.1, 0.15) is 15.9 Å². The van der Waals surface area contributed by atoms with Gasteiger partial charge in [-0.15, -0.1) is 0 Å². The highest BCUT2D eigenvalue weighted by Crippen LogP contribution is 2.28. The maximum absolute atomic E-state index is 12.8. The molecule has 4 aromatic rings. The number of rotatable bonds is 6. The van der Waals surface area contributed by atoms with Gasteiger partial charge in [-0.1, -0.05) is 48.0 Å². The zero-order chi connectivity index (χ0) is 25.0. The molecule has 0 aromatic heterocycles. The summed E-state index contributed by atoms with van der Waals surface area (Å²) in [6, 6.07) is 22.7. The minimum absolute atomic E-state index is 0.0775. The summed E-state index contributed by atoms with van der Waals surface area (Å²) in [7, 11) is -3.07. The van der Waals surface area contributed by atoms with E-state index >= 15 is 0 Å². The molecule has 35 heavy (non-hydrogen) atoms. The van der Waals surface area contributed by atoms with Gasteiger partial charge in [-0.2, -0.15) is 8.42 Å². The Morgan fingerprint density at radius 2 is 1.40 bits per heavy atom. The number of methoxy groups -OCH3 is 1. The number of amides is 2. The topological polar surface area (TPSA) is 111 Å². The first-order chi connectivity index (χ1) is 16.7. The summed E-state index contributed by atoms with van der Waals surface area (Å²) in [6.45, 7) is 1.82. The first-order valence-electron chi connectivity index (χ1n) is 10.6. The summed E-state index contributed by atoms with van der Waals surface area (Å²) in [5.74, 6) is -1.06. The summed E-state index contributed by atoms with van der Waals surface area (Å²) in [5, 5.41) is 7.35. The van der Waals surface area contributed by atoms with E-state index in [1.807, 2.05) is 43.3 Å². The molecule has 4 rings (SSSR count). The predicted molar refractivity (Wildman–Crippen MR) is 133 cm³/mol. The molecule has 0 aliphatic rings. The molecule has 178 valence electrons. The van der Waals surface area contributed by atoms with E-state index in [1.54, 1.807) is 18.2 Å². The summed E-state index contributed by atoms with van der Waals surface area (Å²) in [5.41, 5.74) is 1.56. The van der Waals surface area contributed by atoms with Crippen LogP contribution >= 0.6 is 0 Å². The molecule has 0 atom stereocenters. The Kier molecular flexibility index (Phi) is 6.70. The van der Waals surface area contributed by atoms with Crippen LogP contribution in [0.2, 0.25) is 0 Å². The number of ether oxygens (including phenoxy) is 1. The lowest BCUT2D eigenvalue weighted by Gasteiger charge is -2.13. The van der Waals surface area contributed by atoms with Crippen LogP contribution in [-0.4, -0.2) is 27.5 Å². The lowest BCUT2D eigenvalue weighted by molar-refractivity contribution is 0.0599. The Labute approximate surface area is 202 Å². The number of carbonyl (C=O) groups excluding carboxylic acids is 2. The van der Waals surface area contributed by atoms with Gasteiger partial charge in [0.2, 0.25) is 0 Å². The second kappa shape index (κ2) is 9.86. The van der Waals surface area contributed by atoms with Gasteiger partial charge in [-0.25, -0.2) is 9.59 Å². The molecule has 0 saturated heterocycles. The molecule has 0 bridgehead atoms. The van der Waals surface area contributed by atoms with Crippen LogP contribution in [0.15, 0.2) is 89.8 Å². The van der Waals surface area contributed by atoms with E-state index in [0.29, 0.717) is 5.69 Å². The number of hydrogen-bond acceptors (Lipinski definition) is 6. The smallest absolute Gasteiger partial charge is 0.341 e. The van der Waals surface area contributed by atoms with E-state index in [2.05, 4.69) is 10.6 Å². The second-order valence-corrected chi connectivity index (χ2v) is 9.24. The van der Waals surface area contributed by atoms with Crippen LogP contribution in [0, 0.1) is 6.92 Å². The van der Waals surface area contributed by atoms with Crippen LogP contribution < -0.4 is 14.8 Å². The molecule has 2 N–H and O–H groups in total. The van der Waals surface area contributed by atoms with Crippen molar-refractivity contribution in [3.63, 3.8) is 0 Å². The van der Waals surface area contributed by atoms with E-state index in [0.717, 1.165) is 16.3 Å². The number of nitrogens with one attached hydrogen (secondary N) is 2. The standard InChI is InChI=1S/C26H22N2O6S/c1-17-7-12-22(13-8-17)35(31,32)34-24-16-21(11-14-23(24)25(29)33-2)28-26(30)27-20-10-9-18-5-3-4-6-19(18)15-20/h3-16H,1-2H3,(H2,27,28,30). The van der Waals surface area contributed by atoms with E-state index in [-0.39, 0.29) is 21.9 Å². The molecule has 0 spiro atoms. The van der Waals surface area contributed by atoms with Gasteiger partial charge in [0.1, 0.15) is 10.5 Å². The highest BCUT2D eigenvalue weighted by atomic mass is 32.2. The quantitative estimate of drug-likeness (QED) is 0.279. The van der Waals surface area contributed by atoms with Crippen LogP contribution in [0.25, 0.3) is 10.8 Å². The summed E-state index contributed by atoms with van der Waals surface area (Å²) < 4.78 is 35.6. The van der Waals surface area contributed by atoms with Crippen molar-refractivity contribution < 1.29 is 26.9 Å². The first kappa shape index (κ1) is 23.8. The fourth-order valence-electron chi connectivity index (χ4n) is 3.38. The van der Waals surface area contributed by atoms with Gasteiger partial charge < -0.3 is 19.6 Å². The van der Waals surface area contributed by atoms with Crippen molar-refractivity contribution >= 4 is 44.3 Å². The number of fused-ring (bicyclic) bond motifs is 1. The number of benzene rings is 4. The van der Waals surface area contributed by atoms with Gasteiger partial charge in [0.15, 0.2) is 5.75 Å². The Morgan fingerprint density at radius 3 is 2.09 bits per heavy atom. The Hall–Kier alpha value is -4.37. The Morgan fingerprint density at radius 1 is 0.771 bits per heavy atom.